The van der Waals surface area contributed by atoms with Gasteiger partial charge in [0, 0.05) is 5.56 Å². The molecule has 8 heteroatoms. The van der Waals surface area contributed by atoms with E-state index in [0.717, 1.165) is 11.1 Å². The first-order valence-corrected chi connectivity index (χ1v) is 10.1. The first-order chi connectivity index (χ1) is 14.8. The lowest BCUT2D eigenvalue weighted by atomic mass is 9.99. The number of aliphatic carboxylic acids is 1. The van der Waals surface area contributed by atoms with Gasteiger partial charge in [0.25, 0.3) is 0 Å². The smallest absolute Gasteiger partial charge is 0.307 e. The van der Waals surface area contributed by atoms with Crippen LogP contribution in [0.1, 0.15) is 19.4 Å². The Morgan fingerprint density at radius 2 is 1.84 bits per heavy atom. The van der Waals surface area contributed by atoms with Crippen molar-refractivity contribution < 1.29 is 39.1 Å². The van der Waals surface area contributed by atoms with Crippen LogP contribution in [0.15, 0.2) is 48.5 Å². The minimum absolute atomic E-state index is 0.0807. The average Bonchev–Trinajstić information content (AvgIpc) is 3.06. The fraction of sp³-hybridized carbons (Fsp3) is 0.435. The molecule has 31 heavy (non-hydrogen) atoms. The summed E-state index contributed by atoms with van der Waals surface area (Å²) in [4.78, 5) is 11.1. The highest BCUT2D eigenvalue weighted by atomic mass is 16.8. The van der Waals surface area contributed by atoms with Gasteiger partial charge in [-0.15, -0.1) is 0 Å². The van der Waals surface area contributed by atoms with Crippen molar-refractivity contribution in [1.29, 1.82) is 0 Å². The number of hydrogen-bond acceptors (Lipinski definition) is 7. The van der Waals surface area contributed by atoms with E-state index in [4.69, 9.17) is 24.1 Å². The Morgan fingerprint density at radius 3 is 2.58 bits per heavy atom. The highest BCUT2D eigenvalue weighted by Crippen LogP contribution is 2.39. The molecule has 0 unspecified atom stereocenters. The summed E-state index contributed by atoms with van der Waals surface area (Å²) in [6.07, 6.45) is -4.34. The molecule has 2 aromatic rings. The molecule has 0 amide bonds. The van der Waals surface area contributed by atoms with Gasteiger partial charge in [-0.3, -0.25) is 4.79 Å². The zero-order valence-electron chi connectivity index (χ0n) is 17.3. The van der Waals surface area contributed by atoms with E-state index in [-0.39, 0.29) is 6.42 Å². The van der Waals surface area contributed by atoms with Crippen molar-refractivity contribution in [2.45, 2.75) is 56.8 Å². The second-order valence-electron chi connectivity index (χ2n) is 8.17. The van der Waals surface area contributed by atoms with E-state index in [1.54, 1.807) is 38.1 Å². The van der Waals surface area contributed by atoms with Crippen molar-refractivity contribution in [2.24, 2.45) is 0 Å². The normalized spacial score (nSPS) is 29.4. The van der Waals surface area contributed by atoms with E-state index in [1.165, 1.54) is 0 Å². The summed E-state index contributed by atoms with van der Waals surface area (Å²) in [6, 6.07) is 14.5. The minimum atomic E-state index is -1.06. The van der Waals surface area contributed by atoms with Gasteiger partial charge in [0.2, 0.25) is 6.29 Å². The standard InChI is InChI=1S/C23H26O8/c1-23(2)30-20-19(27)17(12-24)29-22(21(20)31-23)28-16-9-4-3-8-15(16)14-7-5-6-13(10-14)11-18(25)26/h3-10,17,19-22,24,27H,11-12H2,1-2H3,(H,25,26)/t17-,19-,20+,21+,22+/m1/s1. The maximum absolute atomic E-state index is 11.1. The number of aliphatic hydroxyl groups is 2. The number of carboxylic acids is 1. The summed E-state index contributed by atoms with van der Waals surface area (Å²) in [5.74, 6) is -1.34. The van der Waals surface area contributed by atoms with E-state index in [1.807, 2.05) is 24.3 Å². The second-order valence-corrected chi connectivity index (χ2v) is 8.17. The van der Waals surface area contributed by atoms with E-state index in [0.29, 0.717) is 11.3 Å². The van der Waals surface area contributed by atoms with E-state index >= 15 is 0 Å². The van der Waals surface area contributed by atoms with Crippen LogP contribution < -0.4 is 4.74 Å². The predicted molar refractivity (Wildman–Crippen MR) is 109 cm³/mol. The van der Waals surface area contributed by atoms with E-state index in [9.17, 15) is 15.0 Å². The number of rotatable bonds is 6. The lowest BCUT2D eigenvalue weighted by molar-refractivity contribution is -0.252. The third-order valence-electron chi connectivity index (χ3n) is 5.36. The summed E-state index contributed by atoms with van der Waals surface area (Å²) < 4.78 is 23.8. The molecule has 8 nitrogen and oxygen atoms in total. The van der Waals surface area contributed by atoms with Crippen molar-refractivity contribution in [3.63, 3.8) is 0 Å². The van der Waals surface area contributed by atoms with Crippen LogP contribution in [0.3, 0.4) is 0 Å². The van der Waals surface area contributed by atoms with Crippen LogP contribution in [0.5, 0.6) is 5.75 Å². The molecule has 2 aromatic carbocycles. The van der Waals surface area contributed by atoms with Crippen LogP contribution in [0.25, 0.3) is 11.1 Å². The highest BCUT2D eigenvalue weighted by Gasteiger charge is 2.55. The number of hydrogen-bond donors (Lipinski definition) is 3. The van der Waals surface area contributed by atoms with Gasteiger partial charge in [0.05, 0.1) is 13.0 Å². The average molecular weight is 430 g/mol. The number of benzene rings is 2. The second kappa shape index (κ2) is 8.57. The molecule has 0 aliphatic carbocycles. The fourth-order valence-corrected chi connectivity index (χ4v) is 4.04. The molecular formula is C23H26O8. The van der Waals surface area contributed by atoms with Gasteiger partial charge >= 0.3 is 5.97 Å². The molecule has 0 radical (unpaired) electrons. The molecule has 166 valence electrons. The number of ether oxygens (including phenoxy) is 4. The third kappa shape index (κ3) is 4.58. The lowest BCUT2D eigenvalue weighted by Gasteiger charge is -2.39. The highest BCUT2D eigenvalue weighted by molar-refractivity contribution is 5.74. The molecule has 2 aliphatic rings. The van der Waals surface area contributed by atoms with Gasteiger partial charge in [-0.2, -0.15) is 0 Å². The van der Waals surface area contributed by atoms with E-state index < -0.39 is 49.1 Å². The molecular weight excluding hydrogens is 404 g/mol. The third-order valence-corrected chi connectivity index (χ3v) is 5.36. The maximum Gasteiger partial charge on any atom is 0.307 e. The number of aliphatic hydroxyl groups excluding tert-OH is 2. The summed E-state index contributed by atoms with van der Waals surface area (Å²) in [7, 11) is 0. The first-order valence-electron chi connectivity index (χ1n) is 10.1. The molecule has 5 atom stereocenters. The Hall–Kier alpha value is -2.49. The molecule has 0 saturated carbocycles. The van der Waals surface area contributed by atoms with Gasteiger partial charge in [0.1, 0.15) is 24.1 Å². The first kappa shape index (κ1) is 21.7. The Labute approximate surface area is 179 Å². The maximum atomic E-state index is 11.1. The van der Waals surface area contributed by atoms with Crippen molar-refractivity contribution in [3.05, 3.63) is 54.1 Å². The van der Waals surface area contributed by atoms with Gasteiger partial charge in [-0.05, 0) is 31.0 Å². The molecule has 0 aromatic heterocycles. The number of fused-ring (bicyclic) bond motifs is 1. The van der Waals surface area contributed by atoms with Crippen molar-refractivity contribution in [3.8, 4) is 16.9 Å². The SMILES string of the molecule is CC1(C)O[C@@H]2[C@@H](Oc3ccccc3-c3cccc(CC(=O)O)c3)O[C@H](CO)[C@@H](O)[C@@H]2O1. The van der Waals surface area contributed by atoms with E-state index in [2.05, 4.69) is 0 Å². The van der Waals surface area contributed by atoms with Crippen LogP contribution in [0, 0.1) is 0 Å². The molecule has 2 fully saturated rings. The Bertz CT molecular complexity index is 943. The van der Waals surface area contributed by atoms with Crippen molar-refractivity contribution >= 4 is 5.97 Å². The predicted octanol–water partition coefficient (Wildman–Crippen LogP) is 1.96. The summed E-state index contributed by atoms with van der Waals surface area (Å²) >= 11 is 0. The lowest BCUT2D eigenvalue weighted by Crippen LogP contribution is -2.58. The quantitative estimate of drug-likeness (QED) is 0.637. The van der Waals surface area contributed by atoms with Crippen molar-refractivity contribution in [1.82, 2.24) is 0 Å². The zero-order valence-corrected chi connectivity index (χ0v) is 17.3. The van der Waals surface area contributed by atoms with Crippen molar-refractivity contribution in [2.75, 3.05) is 6.61 Å². The van der Waals surface area contributed by atoms with Crippen LogP contribution >= 0.6 is 0 Å². The summed E-state index contributed by atoms with van der Waals surface area (Å²) in [6.45, 7) is 3.09. The Morgan fingerprint density at radius 1 is 1.10 bits per heavy atom. The van der Waals surface area contributed by atoms with Gasteiger partial charge < -0.3 is 34.3 Å². The molecule has 3 N–H and O–H groups in total. The zero-order chi connectivity index (χ0) is 22.2. The van der Waals surface area contributed by atoms with Crippen LogP contribution in [0.2, 0.25) is 0 Å². The largest absolute Gasteiger partial charge is 0.481 e. The minimum Gasteiger partial charge on any atom is -0.481 e. The number of carboxylic acid groups (broad SMARTS) is 1. The Kier molecular flexibility index (Phi) is 6.00. The number of carbonyl (C=O) groups is 1. The van der Waals surface area contributed by atoms with Crippen LogP contribution in [0.4, 0.5) is 0 Å². The molecule has 2 saturated heterocycles. The molecule has 0 bridgehead atoms. The molecule has 2 heterocycles. The van der Waals surface area contributed by atoms with Gasteiger partial charge in [-0.25, -0.2) is 0 Å². The van der Waals surface area contributed by atoms with Gasteiger partial charge in [0.15, 0.2) is 11.9 Å². The van der Waals surface area contributed by atoms with Crippen LogP contribution in [-0.2, 0) is 25.4 Å². The van der Waals surface area contributed by atoms with Gasteiger partial charge in [-0.1, -0.05) is 42.5 Å². The number of para-hydroxylation sites is 1. The monoisotopic (exact) mass is 430 g/mol. The van der Waals surface area contributed by atoms with Crippen LogP contribution in [-0.4, -0.2) is 64.4 Å². The molecule has 0 spiro atoms. The fourth-order valence-electron chi connectivity index (χ4n) is 4.04. The molecule has 4 rings (SSSR count). The molecule has 2 aliphatic heterocycles. The Balaban J connectivity index is 1.63. The summed E-state index contributed by atoms with van der Waals surface area (Å²) in [5, 5.41) is 29.2. The summed E-state index contributed by atoms with van der Waals surface area (Å²) in [5.41, 5.74) is 2.22. The topological polar surface area (TPSA) is 115 Å².